The predicted octanol–water partition coefficient (Wildman–Crippen LogP) is 4.09. The lowest BCUT2D eigenvalue weighted by atomic mass is 10.0. The van der Waals surface area contributed by atoms with Crippen LogP contribution in [0.4, 0.5) is 13.2 Å². The van der Waals surface area contributed by atoms with E-state index >= 15 is 0 Å². The summed E-state index contributed by atoms with van der Waals surface area (Å²) in [5.74, 6) is -1.01. The first-order valence-electron chi connectivity index (χ1n) is 5.91. The van der Waals surface area contributed by atoms with Crippen molar-refractivity contribution in [1.82, 2.24) is 4.98 Å². The third-order valence-electron chi connectivity index (χ3n) is 2.69. The zero-order valence-corrected chi connectivity index (χ0v) is 11.9. The van der Waals surface area contributed by atoms with E-state index in [0.717, 1.165) is 12.1 Å². The van der Waals surface area contributed by atoms with E-state index in [2.05, 4.69) is 14.5 Å². The van der Waals surface area contributed by atoms with Gasteiger partial charge in [-0.1, -0.05) is 23.7 Å². The van der Waals surface area contributed by atoms with Crippen LogP contribution >= 0.6 is 11.6 Å². The van der Waals surface area contributed by atoms with Gasteiger partial charge >= 0.3 is 12.3 Å². The van der Waals surface area contributed by atoms with Crippen LogP contribution in [-0.4, -0.2) is 24.4 Å². The van der Waals surface area contributed by atoms with Crippen molar-refractivity contribution in [2.24, 2.45) is 0 Å². The van der Waals surface area contributed by atoms with Gasteiger partial charge in [-0.2, -0.15) is 0 Å². The molecule has 0 saturated heterocycles. The number of alkyl halides is 3. The van der Waals surface area contributed by atoms with Crippen molar-refractivity contribution in [2.75, 3.05) is 7.11 Å². The molecule has 0 aliphatic heterocycles. The quantitative estimate of drug-likeness (QED) is 0.628. The van der Waals surface area contributed by atoms with Gasteiger partial charge in [0.1, 0.15) is 10.9 Å². The molecule has 0 aliphatic rings. The molecule has 1 aromatic heterocycles. The highest BCUT2D eigenvalue weighted by Crippen LogP contribution is 2.32. The molecule has 0 amide bonds. The van der Waals surface area contributed by atoms with Crippen LogP contribution in [0.15, 0.2) is 36.5 Å². The molecule has 0 spiro atoms. The van der Waals surface area contributed by atoms with Crippen molar-refractivity contribution < 1.29 is 27.4 Å². The second-order valence-corrected chi connectivity index (χ2v) is 4.45. The van der Waals surface area contributed by atoms with Gasteiger partial charge in [-0.25, -0.2) is 9.78 Å². The second kappa shape index (κ2) is 6.23. The highest BCUT2D eigenvalue weighted by atomic mass is 35.5. The number of benzene rings is 1. The Morgan fingerprint density at radius 2 is 1.82 bits per heavy atom. The van der Waals surface area contributed by atoms with E-state index in [1.807, 2.05) is 0 Å². The molecule has 8 heteroatoms. The minimum Gasteiger partial charge on any atom is -0.465 e. The van der Waals surface area contributed by atoms with Crippen molar-refractivity contribution in [3.8, 4) is 16.9 Å². The number of hydrogen-bond donors (Lipinski definition) is 0. The van der Waals surface area contributed by atoms with Crippen molar-refractivity contribution in [3.05, 3.63) is 47.2 Å². The molecule has 0 radical (unpaired) electrons. The maximum Gasteiger partial charge on any atom is 0.573 e. The summed E-state index contributed by atoms with van der Waals surface area (Å²) in [6.07, 6.45) is -3.44. The number of nitrogens with zero attached hydrogens (tertiary/aromatic N) is 1. The third-order valence-corrected chi connectivity index (χ3v) is 2.97. The van der Waals surface area contributed by atoms with E-state index in [-0.39, 0.29) is 22.0 Å². The lowest BCUT2D eigenvalue weighted by molar-refractivity contribution is -0.274. The molecule has 0 bridgehead atoms. The van der Waals surface area contributed by atoms with Gasteiger partial charge in [-0.05, 0) is 23.8 Å². The van der Waals surface area contributed by atoms with Crippen LogP contribution in [0.5, 0.6) is 5.75 Å². The Balaban J connectivity index is 2.42. The minimum atomic E-state index is -4.77. The number of carbonyl (C=O) groups is 1. The summed E-state index contributed by atoms with van der Waals surface area (Å²) in [7, 11) is 1.21. The Morgan fingerprint density at radius 1 is 1.18 bits per heavy atom. The van der Waals surface area contributed by atoms with Crippen molar-refractivity contribution in [2.45, 2.75) is 6.36 Å². The summed E-state index contributed by atoms with van der Waals surface area (Å²) in [5.41, 5.74) is 0.842. The zero-order chi connectivity index (χ0) is 16.3. The van der Waals surface area contributed by atoms with Gasteiger partial charge in [0.15, 0.2) is 0 Å². The Morgan fingerprint density at radius 3 is 2.36 bits per heavy atom. The first-order chi connectivity index (χ1) is 10.3. The molecule has 1 aromatic carbocycles. The molecule has 4 nitrogen and oxygen atoms in total. The Bertz CT molecular complexity index is 687. The average Bonchev–Trinajstić information content (AvgIpc) is 2.45. The lowest BCUT2D eigenvalue weighted by Crippen LogP contribution is -2.16. The van der Waals surface area contributed by atoms with Gasteiger partial charge in [0.25, 0.3) is 0 Å². The molecule has 22 heavy (non-hydrogen) atoms. The first kappa shape index (κ1) is 16.1. The molecule has 0 unspecified atom stereocenters. The molecular formula is C14H9ClF3NO3. The van der Waals surface area contributed by atoms with E-state index in [9.17, 15) is 18.0 Å². The third kappa shape index (κ3) is 3.67. The predicted molar refractivity (Wildman–Crippen MR) is 72.7 cm³/mol. The van der Waals surface area contributed by atoms with E-state index in [0.29, 0.717) is 5.56 Å². The van der Waals surface area contributed by atoms with Gasteiger partial charge in [0, 0.05) is 11.8 Å². The van der Waals surface area contributed by atoms with Crippen LogP contribution in [0.1, 0.15) is 10.4 Å². The molecule has 2 rings (SSSR count). The fourth-order valence-corrected chi connectivity index (χ4v) is 2.08. The monoisotopic (exact) mass is 331 g/mol. The Labute approximate surface area is 128 Å². The number of aromatic nitrogens is 1. The van der Waals surface area contributed by atoms with Crippen LogP contribution in [0.3, 0.4) is 0 Å². The van der Waals surface area contributed by atoms with E-state index in [1.54, 1.807) is 0 Å². The highest BCUT2D eigenvalue weighted by molar-refractivity contribution is 6.33. The molecule has 2 aromatic rings. The molecular weight excluding hydrogens is 323 g/mol. The average molecular weight is 332 g/mol. The molecule has 1 heterocycles. The van der Waals surface area contributed by atoms with Crippen molar-refractivity contribution >= 4 is 17.6 Å². The van der Waals surface area contributed by atoms with Crippen LogP contribution in [0.25, 0.3) is 11.1 Å². The second-order valence-electron chi connectivity index (χ2n) is 4.09. The largest absolute Gasteiger partial charge is 0.573 e. The molecule has 0 N–H and O–H groups in total. The summed E-state index contributed by atoms with van der Waals surface area (Å²) < 4.78 is 44.8. The number of halogens is 4. The number of hydrogen-bond acceptors (Lipinski definition) is 4. The molecule has 0 saturated carbocycles. The number of carbonyl (C=O) groups excluding carboxylic acids is 1. The van der Waals surface area contributed by atoms with E-state index < -0.39 is 12.3 Å². The Kier molecular flexibility index (Phi) is 4.56. The van der Waals surface area contributed by atoms with Crippen LogP contribution in [0.2, 0.25) is 5.15 Å². The molecule has 0 atom stereocenters. The van der Waals surface area contributed by atoms with Gasteiger partial charge in [0.2, 0.25) is 0 Å². The number of methoxy groups -OCH3 is 1. The fourth-order valence-electron chi connectivity index (χ4n) is 1.81. The van der Waals surface area contributed by atoms with Crippen LogP contribution < -0.4 is 4.74 Å². The van der Waals surface area contributed by atoms with Crippen LogP contribution in [0, 0.1) is 0 Å². The number of ether oxygens (including phenoxy) is 2. The van der Waals surface area contributed by atoms with Gasteiger partial charge in [0.05, 0.1) is 12.7 Å². The summed E-state index contributed by atoms with van der Waals surface area (Å²) in [6, 6.07) is 6.33. The summed E-state index contributed by atoms with van der Waals surface area (Å²) in [5, 5.41) is 0.0346. The lowest BCUT2D eigenvalue weighted by Gasteiger charge is -2.11. The topological polar surface area (TPSA) is 48.4 Å². The summed E-state index contributed by atoms with van der Waals surface area (Å²) >= 11 is 5.98. The minimum absolute atomic E-state index is 0.0346. The maximum absolute atomic E-state index is 12.1. The summed E-state index contributed by atoms with van der Waals surface area (Å²) in [4.78, 5) is 15.6. The van der Waals surface area contributed by atoms with E-state index in [1.165, 1.54) is 31.5 Å². The fraction of sp³-hybridized carbons (Fsp3) is 0.143. The normalized spacial score (nSPS) is 11.1. The van der Waals surface area contributed by atoms with E-state index in [4.69, 9.17) is 11.6 Å². The Hall–Kier alpha value is -2.28. The zero-order valence-electron chi connectivity index (χ0n) is 11.1. The smallest absolute Gasteiger partial charge is 0.465 e. The maximum atomic E-state index is 12.1. The van der Waals surface area contributed by atoms with Crippen LogP contribution in [-0.2, 0) is 4.74 Å². The standard InChI is InChI=1S/C14H9ClF3NO3/c1-21-13(20)10-6-7-19-12(15)11(10)8-2-4-9(5-3-8)22-14(16,17)18/h2-7H,1H3. The van der Waals surface area contributed by atoms with Gasteiger partial charge in [-0.15, -0.1) is 13.2 Å². The number of rotatable bonds is 3. The number of pyridine rings is 1. The molecule has 0 aliphatic carbocycles. The summed E-state index contributed by atoms with van der Waals surface area (Å²) in [6.45, 7) is 0. The first-order valence-corrected chi connectivity index (χ1v) is 6.28. The molecule has 0 fully saturated rings. The highest BCUT2D eigenvalue weighted by Gasteiger charge is 2.31. The van der Waals surface area contributed by atoms with Crippen molar-refractivity contribution in [3.63, 3.8) is 0 Å². The number of esters is 1. The van der Waals surface area contributed by atoms with Gasteiger partial charge in [-0.3, -0.25) is 0 Å². The molecule has 116 valence electrons. The van der Waals surface area contributed by atoms with Crippen molar-refractivity contribution in [1.29, 1.82) is 0 Å². The van der Waals surface area contributed by atoms with Gasteiger partial charge < -0.3 is 9.47 Å². The SMILES string of the molecule is COC(=O)c1ccnc(Cl)c1-c1ccc(OC(F)(F)F)cc1.